The SMILES string of the molecule is CCCCCCC1C=NC(C)=C(OCc2ccccc2)C1=O. The number of rotatable bonds is 8. The number of carbonyl (C=O) groups excluding carboxylic acids is 1. The molecule has 1 atom stereocenters. The number of hydrogen-bond donors (Lipinski definition) is 0. The molecule has 1 aliphatic heterocycles. The number of Topliss-reactive ketones (excluding diaryl/α,β-unsaturated/α-hetero) is 1. The molecule has 0 fully saturated rings. The number of unbranched alkanes of at least 4 members (excludes halogenated alkanes) is 3. The van der Waals surface area contributed by atoms with E-state index >= 15 is 0 Å². The molecule has 0 saturated carbocycles. The van der Waals surface area contributed by atoms with Gasteiger partial charge in [0.25, 0.3) is 0 Å². The van der Waals surface area contributed by atoms with Gasteiger partial charge in [0.15, 0.2) is 5.76 Å². The smallest absolute Gasteiger partial charge is 0.207 e. The van der Waals surface area contributed by atoms with Crippen LogP contribution in [0.3, 0.4) is 0 Å². The van der Waals surface area contributed by atoms with Gasteiger partial charge in [0.2, 0.25) is 5.78 Å². The topological polar surface area (TPSA) is 38.7 Å². The summed E-state index contributed by atoms with van der Waals surface area (Å²) in [7, 11) is 0. The van der Waals surface area contributed by atoms with Gasteiger partial charge >= 0.3 is 0 Å². The first-order chi connectivity index (χ1) is 10.7. The first kappa shape index (κ1) is 16.5. The molecule has 1 aromatic carbocycles. The van der Waals surface area contributed by atoms with Crippen molar-refractivity contribution in [1.82, 2.24) is 0 Å². The van der Waals surface area contributed by atoms with Crippen molar-refractivity contribution in [2.75, 3.05) is 0 Å². The number of hydrogen-bond acceptors (Lipinski definition) is 3. The first-order valence-electron chi connectivity index (χ1n) is 8.18. The van der Waals surface area contributed by atoms with E-state index in [1.807, 2.05) is 37.3 Å². The van der Waals surface area contributed by atoms with Crippen LogP contribution in [0.5, 0.6) is 0 Å². The van der Waals surface area contributed by atoms with E-state index in [1.54, 1.807) is 6.21 Å². The highest BCUT2D eigenvalue weighted by Crippen LogP contribution is 2.23. The number of aliphatic imine (C=N–C) groups is 1. The number of nitrogens with zero attached hydrogens (tertiary/aromatic N) is 1. The zero-order valence-corrected chi connectivity index (χ0v) is 13.5. The maximum Gasteiger partial charge on any atom is 0.207 e. The van der Waals surface area contributed by atoms with E-state index in [0.29, 0.717) is 18.1 Å². The van der Waals surface area contributed by atoms with Gasteiger partial charge < -0.3 is 4.74 Å². The molecule has 0 radical (unpaired) electrons. The monoisotopic (exact) mass is 299 g/mol. The molecule has 0 spiro atoms. The number of benzene rings is 1. The van der Waals surface area contributed by atoms with Gasteiger partial charge in [-0.25, -0.2) is 0 Å². The third-order valence-electron chi connectivity index (χ3n) is 3.93. The standard InChI is InChI=1S/C19H25NO2/c1-3-4-5-9-12-17-13-20-15(2)19(18(17)21)22-14-16-10-7-6-8-11-16/h6-8,10-11,13,17H,3-5,9,12,14H2,1-2H3. The lowest BCUT2D eigenvalue weighted by atomic mass is 9.94. The van der Waals surface area contributed by atoms with Gasteiger partial charge in [-0.05, 0) is 18.9 Å². The number of ketones is 1. The minimum Gasteiger partial charge on any atom is -0.483 e. The molecule has 22 heavy (non-hydrogen) atoms. The van der Waals surface area contributed by atoms with Crippen molar-refractivity contribution >= 4 is 12.0 Å². The Hall–Kier alpha value is -1.90. The third-order valence-corrected chi connectivity index (χ3v) is 3.93. The summed E-state index contributed by atoms with van der Waals surface area (Å²) in [5.74, 6) is 0.401. The van der Waals surface area contributed by atoms with E-state index in [-0.39, 0.29) is 11.7 Å². The lowest BCUT2D eigenvalue weighted by Gasteiger charge is -2.19. The summed E-state index contributed by atoms with van der Waals surface area (Å²) < 4.78 is 5.77. The van der Waals surface area contributed by atoms with Crippen LogP contribution in [0, 0.1) is 5.92 Å². The van der Waals surface area contributed by atoms with E-state index < -0.39 is 0 Å². The van der Waals surface area contributed by atoms with Crippen LogP contribution in [-0.2, 0) is 16.1 Å². The van der Waals surface area contributed by atoms with Crippen LogP contribution >= 0.6 is 0 Å². The second-order valence-corrected chi connectivity index (χ2v) is 5.79. The lowest BCUT2D eigenvalue weighted by Crippen LogP contribution is -2.24. The maximum atomic E-state index is 12.5. The van der Waals surface area contributed by atoms with Crippen LogP contribution in [0.15, 0.2) is 46.8 Å². The van der Waals surface area contributed by atoms with Crippen molar-refractivity contribution in [3.63, 3.8) is 0 Å². The molecule has 0 amide bonds. The third kappa shape index (κ3) is 4.55. The van der Waals surface area contributed by atoms with E-state index in [4.69, 9.17) is 4.74 Å². The molecule has 0 bridgehead atoms. The van der Waals surface area contributed by atoms with Crippen molar-refractivity contribution < 1.29 is 9.53 Å². The Morgan fingerprint density at radius 3 is 2.64 bits per heavy atom. The second kappa shape index (κ2) is 8.52. The van der Waals surface area contributed by atoms with Crippen LogP contribution in [0.1, 0.15) is 51.5 Å². The quantitative estimate of drug-likeness (QED) is 0.654. The fourth-order valence-corrected chi connectivity index (χ4v) is 2.58. The Balaban J connectivity index is 1.91. The first-order valence-corrected chi connectivity index (χ1v) is 8.18. The highest BCUT2D eigenvalue weighted by Gasteiger charge is 2.26. The van der Waals surface area contributed by atoms with Crippen molar-refractivity contribution in [2.45, 2.75) is 52.6 Å². The molecule has 118 valence electrons. The molecule has 0 N–H and O–H groups in total. The van der Waals surface area contributed by atoms with Crippen molar-refractivity contribution in [3.8, 4) is 0 Å². The van der Waals surface area contributed by atoms with Gasteiger partial charge in [0, 0.05) is 6.21 Å². The Labute approximate surface area is 133 Å². The highest BCUT2D eigenvalue weighted by atomic mass is 16.5. The highest BCUT2D eigenvalue weighted by molar-refractivity contribution is 6.06. The summed E-state index contributed by atoms with van der Waals surface area (Å²) in [5, 5.41) is 0. The Morgan fingerprint density at radius 2 is 1.91 bits per heavy atom. The summed E-state index contributed by atoms with van der Waals surface area (Å²) in [5.41, 5.74) is 1.75. The zero-order valence-electron chi connectivity index (χ0n) is 13.5. The van der Waals surface area contributed by atoms with Gasteiger partial charge in [-0.3, -0.25) is 9.79 Å². The number of carbonyl (C=O) groups is 1. The van der Waals surface area contributed by atoms with Crippen LogP contribution in [-0.4, -0.2) is 12.0 Å². The summed E-state index contributed by atoms with van der Waals surface area (Å²) in [6.07, 6.45) is 7.34. The van der Waals surface area contributed by atoms with E-state index in [0.717, 1.165) is 18.4 Å². The fourth-order valence-electron chi connectivity index (χ4n) is 2.58. The summed E-state index contributed by atoms with van der Waals surface area (Å²) in [6, 6.07) is 9.90. The average molecular weight is 299 g/mol. The predicted molar refractivity (Wildman–Crippen MR) is 89.7 cm³/mol. The molecule has 3 heteroatoms. The predicted octanol–water partition coefficient (Wildman–Crippen LogP) is 4.67. The van der Waals surface area contributed by atoms with Gasteiger partial charge in [-0.15, -0.1) is 0 Å². The van der Waals surface area contributed by atoms with Gasteiger partial charge in [0.05, 0.1) is 11.6 Å². The molecule has 0 saturated heterocycles. The molecular weight excluding hydrogens is 274 g/mol. The fraction of sp³-hybridized carbons (Fsp3) is 0.474. The van der Waals surface area contributed by atoms with E-state index in [2.05, 4.69) is 11.9 Å². The molecule has 3 nitrogen and oxygen atoms in total. The summed E-state index contributed by atoms with van der Waals surface area (Å²) in [6.45, 7) is 4.44. The second-order valence-electron chi connectivity index (χ2n) is 5.79. The van der Waals surface area contributed by atoms with Crippen molar-refractivity contribution in [2.24, 2.45) is 10.9 Å². The van der Waals surface area contributed by atoms with Crippen LogP contribution in [0.4, 0.5) is 0 Å². The summed E-state index contributed by atoms with van der Waals surface area (Å²) in [4.78, 5) is 16.9. The Kier molecular flexibility index (Phi) is 6.38. The molecule has 0 aromatic heterocycles. The van der Waals surface area contributed by atoms with Crippen LogP contribution in [0.2, 0.25) is 0 Å². The molecular formula is C19H25NO2. The largest absolute Gasteiger partial charge is 0.483 e. The average Bonchev–Trinajstić information content (AvgIpc) is 2.54. The Bertz CT molecular complexity index is 546. The van der Waals surface area contributed by atoms with Crippen molar-refractivity contribution in [3.05, 3.63) is 47.4 Å². The summed E-state index contributed by atoms with van der Waals surface area (Å²) >= 11 is 0. The molecule has 0 aliphatic carbocycles. The number of ether oxygens (including phenoxy) is 1. The van der Waals surface area contributed by atoms with Crippen LogP contribution in [0.25, 0.3) is 0 Å². The molecule has 1 heterocycles. The van der Waals surface area contributed by atoms with Gasteiger partial charge in [-0.1, -0.05) is 62.9 Å². The number of allylic oxidation sites excluding steroid dienone is 2. The molecule has 2 rings (SSSR count). The lowest BCUT2D eigenvalue weighted by molar-refractivity contribution is -0.121. The maximum absolute atomic E-state index is 12.5. The van der Waals surface area contributed by atoms with E-state index in [9.17, 15) is 4.79 Å². The van der Waals surface area contributed by atoms with Gasteiger partial charge in [0.1, 0.15) is 6.61 Å². The van der Waals surface area contributed by atoms with Crippen molar-refractivity contribution in [1.29, 1.82) is 0 Å². The van der Waals surface area contributed by atoms with Gasteiger partial charge in [-0.2, -0.15) is 0 Å². The molecule has 1 unspecified atom stereocenters. The molecule has 1 aliphatic rings. The zero-order chi connectivity index (χ0) is 15.8. The molecule has 1 aromatic rings. The van der Waals surface area contributed by atoms with Crippen LogP contribution < -0.4 is 0 Å². The normalized spacial score (nSPS) is 17.9. The Morgan fingerprint density at radius 1 is 1.14 bits per heavy atom. The van der Waals surface area contributed by atoms with E-state index in [1.165, 1.54) is 19.3 Å². The minimum atomic E-state index is -0.119. The minimum absolute atomic E-state index is 0.0833.